The quantitative estimate of drug-likeness (QED) is 0.149. The van der Waals surface area contributed by atoms with Crippen molar-refractivity contribution in [3.63, 3.8) is 0 Å². The Hall–Kier alpha value is -2.35. The minimum absolute atomic E-state index is 0.0161. The van der Waals surface area contributed by atoms with E-state index in [1.807, 2.05) is 0 Å². The third-order valence-corrected chi connectivity index (χ3v) is 7.84. The summed E-state index contributed by atoms with van der Waals surface area (Å²) in [5.41, 5.74) is 2.89. The number of hydrogen-bond donors (Lipinski definition) is 1. The van der Waals surface area contributed by atoms with Gasteiger partial charge in [-0.2, -0.15) is 0 Å². The highest BCUT2D eigenvalue weighted by atomic mass is 15.1. The highest BCUT2D eigenvalue weighted by Gasteiger charge is 2.41. The van der Waals surface area contributed by atoms with E-state index in [1.165, 1.54) is 87.6 Å². The van der Waals surface area contributed by atoms with Crippen LogP contribution in [0.15, 0.2) is 73.1 Å². The van der Waals surface area contributed by atoms with E-state index in [-0.39, 0.29) is 5.41 Å². The molecule has 2 heteroatoms. The van der Waals surface area contributed by atoms with Gasteiger partial charge in [0.05, 0.1) is 12.5 Å². The Morgan fingerprint density at radius 2 is 1.34 bits per heavy atom. The predicted molar refractivity (Wildman–Crippen MR) is 150 cm³/mol. The van der Waals surface area contributed by atoms with Crippen LogP contribution in [0, 0.1) is 0 Å². The van der Waals surface area contributed by atoms with Gasteiger partial charge < -0.3 is 0 Å². The number of rotatable bonds is 17. The Kier molecular flexibility index (Phi) is 11.6. The second-order valence-electron chi connectivity index (χ2n) is 10.7. The molecule has 0 saturated heterocycles. The molecule has 35 heavy (non-hydrogen) atoms. The van der Waals surface area contributed by atoms with Gasteiger partial charge in [0.15, 0.2) is 0 Å². The standard InChI is InChI=1S/C33H48N2/c1-4-6-8-9-10-11-18-24-31(32-34-25-27-35(32)26-19-7-5-2)33(3,30-22-16-13-17-23-30)28-29-20-14-12-15-21-29/h12-17,20-23,25,27,31H,4-11,18-19,24,26,28H2,1-3H3/p+1. The summed E-state index contributed by atoms with van der Waals surface area (Å²) in [5, 5.41) is 0. The lowest BCUT2D eigenvalue weighted by Crippen LogP contribution is -2.43. The molecule has 1 N–H and O–H groups in total. The van der Waals surface area contributed by atoms with Crippen molar-refractivity contribution < 1.29 is 4.57 Å². The second kappa shape index (κ2) is 14.9. The zero-order valence-electron chi connectivity index (χ0n) is 22.6. The lowest BCUT2D eigenvalue weighted by molar-refractivity contribution is -0.705. The summed E-state index contributed by atoms with van der Waals surface area (Å²) in [5.74, 6) is 1.85. The fraction of sp³-hybridized carbons (Fsp3) is 0.545. The molecule has 2 atom stereocenters. The van der Waals surface area contributed by atoms with Crippen LogP contribution in [0.4, 0.5) is 0 Å². The van der Waals surface area contributed by atoms with Crippen LogP contribution in [-0.4, -0.2) is 4.98 Å². The van der Waals surface area contributed by atoms with Crippen molar-refractivity contribution in [2.45, 2.75) is 116 Å². The molecule has 3 rings (SSSR count). The molecule has 0 saturated carbocycles. The molecule has 0 aliphatic heterocycles. The first kappa shape index (κ1) is 27.2. The van der Waals surface area contributed by atoms with Crippen molar-refractivity contribution in [3.8, 4) is 0 Å². The molecule has 2 unspecified atom stereocenters. The van der Waals surface area contributed by atoms with E-state index in [1.54, 1.807) is 0 Å². The lowest BCUT2D eigenvalue weighted by atomic mass is 9.66. The number of benzene rings is 2. The summed E-state index contributed by atoms with van der Waals surface area (Å²) in [7, 11) is 0. The van der Waals surface area contributed by atoms with E-state index in [9.17, 15) is 0 Å². The van der Waals surface area contributed by atoms with Crippen molar-refractivity contribution in [1.82, 2.24) is 4.98 Å². The molecule has 0 spiro atoms. The SMILES string of the molecule is CCCCCCCCCC(c1[nH]cc[n+]1CCCCC)C(C)(Cc1ccccc1)c1ccccc1. The zero-order valence-corrected chi connectivity index (χ0v) is 22.6. The van der Waals surface area contributed by atoms with Crippen LogP contribution in [0.5, 0.6) is 0 Å². The monoisotopic (exact) mass is 473 g/mol. The number of nitrogens with one attached hydrogen (secondary N) is 1. The summed E-state index contributed by atoms with van der Waals surface area (Å²) >= 11 is 0. The molecule has 0 aliphatic rings. The summed E-state index contributed by atoms with van der Waals surface area (Å²) in [4.78, 5) is 3.73. The zero-order chi connectivity index (χ0) is 24.8. The molecule has 3 aromatic rings. The molecule has 2 nitrogen and oxygen atoms in total. The van der Waals surface area contributed by atoms with Crippen LogP contribution >= 0.6 is 0 Å². The number of aromatic nitrogens is 2. The van der Waals surface area contributed by atoms with E-state index >= 15 is 0 Å². The highest BCUT2D eigenvalue weighted by molar-refractivity contribution is 5.32. The molecule has 0 aliphatic carbocycles. The van der Waals surface area contributed by atoms with E-state index in [0.717, 1.165) is 13.0 Å². The molecule has 1 heterocycles. The Morgan fingerprint density at radius 1 is 0.743 bits per heavy atom. The van der Waals surface area contributed by atoms with E-state index in [0.29, 0.717) is 5.92 Å². The molecule has 0 amide bonds. The normalized spacial score (nSPS) is 14.0. The summed E-state index contributed by atoms with van der Waals surface area (Å²) in [6.45, 7) is 8.21. The van der Waals surface area contributed by atoms with Crippen LogP contribution in [0.3, 0.4) is 0 Å². The highest BCUT2D eigenvalue weighted by Crippen LogP contribution is 2.43. The number of H-pyrrole nitrogens is 1. The van der Waals surface area contributed by atoms with Gasteiger partial charge in [0.25, 0.3) is 5.82 Å². The lowest BCUT2D eigenvalue weighted by Gasteiger charge is -2.37. The third-order valence-electron chi connectivity index (χ3n) is 7.84. The van der Waals surface area contributed by atoms with Crippen LogP contribution < -0.4 is 4.57 Å². The molecule has 2 aromatic carbocycles. The van der Waals surface area contributed by atoms with Gasteiger partial charge in [-0.3, -0.25) is 0 Å². The number of hydrogen-bond acceptors (Lipinski definition) is 0. The first-order valence-electron chi connectivity index (χ1n) is 14.3. The summed E-state index contributed by atoms with van der Waals surface area (Å²) in [6, 6.07) is 22.4. The van der Waals surface area contributed by atoms with Crippen molar-refractivity contribution in [3.05, 3.63) is 90.0 Å². The maximum Gasteiger partial charge on any atom is 0.258 e. The van der Waals surface area contributed by atoms with Gasteiger partial charge in [-0.25, -0.2) is 9.55 Å². The van der Waals surface area contributed by atoms with Crippen molar-refractivity contribution in [2.75, 3.05) is 0 Å². The van der Waals surface area contributed by atoms with Crippen molar-refractivity contribution in [2.24, 2.45) is 0 Å². The molecule has 0 bridgehead atoms. The number of aryl methyl sites for hydroxylation is 1. The molecule has 1 aromatic heterocycles. The minimum Gasteiger partial charge on any atom is -0.247 e. The van der Waals surface area contributed by atoms with Crippen molar-refractivity contribution in [1.29, 1.82) is 0 Å². The van der Waals surface area contributed by atoms with Crippen LogP contribution in [-0.2, 0) is 18.4 Å². The fourth-order valence-corrected chi connectivity index (χ4v) is 5.73. The van der Waals surface area contributed by atoms with Gasteiger partial charge >= 0.3 is 0 Å². The van der Waals surface area contributed by atoms with Crippen LogP contribution in [0.2, 0.25) is 0 Å². The number of aromatic amines is 1. The van der Waals surface area contributed by atoms with Gasteiger partial charge in [-0.1, -0.05) is 133 Å². The molecule has 0 radical (unpaired) electrons. The van der Waals surface area contributed by atoms with Gasteiger partial charge in [0, 0.05) is 5.41 Å². The smallest absolute Gasteiger partial charge is 0.247 e. The Labute approximate surface area is 215 Å². The van der Waals surface area contributed by atoms with Crippen molar-refractivity contribution >= 4 is 0 Å². The Bertz CT molecular complexity index is 930. The molecular formula is C33H49N2+. The van der Waals surface area contributed by atoms with Gasteiger partial charge in [0.2, 0.25) is 0 Å². The van der Waals surface area contributed by atoms with Crippen LogP contribution in [0.25, 0.3) is 0 Å². The number of imidazole rings is 1. The first-order chi connectivity index (χ1) is 17.2. The Balaban J connectivity index is 1.90. The Morgan fingerprint density at radius 3 is 2.03 bits per heavy atom. The van der Waals surface area contributed by atoms with Gasteiger partial charge in [-0.15, -0.1) is 0 Å². The predicted octanol–water partition coefficient (Wildman–Crippen LogP) is 8.92. The minimum atomic E-state index is 0.0161. The summed E-state index contributed by atoms with van der Waals surface area (Å²) in [6.07, 6.45) is 20.0. The average molecular weight is 474 g/mol. The topological polar surface area (TPSA) is 19.7 Å². The van der Waals surface area contributed by atoms with Gasteiger partial charge in [-0.05, 0) is 36.8 Å². The summed E-state index contributed by atoms with van der Waals surface area (Å²) < 4.78 is 2.52. The largest absolute Gasteiger partial charge is 0.258 e. The first-order valence-corrected chi connectivity index (χ1v) is 14.3. The third kappa shape index (κ3) is 8.09. The molecule has 190 valence electrons. The fourth-order valence-electron chi connectivity index (χ4n) is 5.73. The molecule has 0 fully saturated rings. The van der Waals surface area contributed by atoms with Crippen LogP contribution in [0.1, 0.15) is 114 Å². The second-order valence-corrected chi connectivity index (χ2v) is 10.7. The van der Waals surface area contributed by atoms with E-state index in [4.69, 9.17) is 0 Å². The maximum atomic E-state index is 3.73. The number of unbranched alkanes of at least 4 members (excludes halogenated alkanes) is 8. The number of nitrogens with zero attached hydrogens (tertiary/aromatic N) is 1. The molecular weight excluding hydrogens is 424 g/mol. The average Bonchev–Trinajstić information content (AvgIpc) is 3.35. The van der Waals surface area contributed by atoms with E-state index < -0.39 is 0 Å². The van der Waals surface area contributed by atoms with E-state index in [2.05, 4.69) is 103 Å². The maximum absolute atomic E-state index is 3.73. The van der Waals surface area contributed by atoms with Gasteiger partial charge in [0.1, 0.15) is 12.4 Å².